The molecule has 2 aromatic rings. The molecular weight excluding hydrogens is 235 g/mol. The Bertz CT molecular complexity index is 585. The van der Waals surface area contributed by atoms with E-state index < -0.39 is 5.82 Å². The Morgan fingerprint density at radius 1 is 1.17 bits per heavy atom. The van der Waals surface area contributed by atoms with E-state index in [9.17, 15) is 4.39 Å². The van der Waals surface area contributed by atoms with E-state index in [0.717, 1.165) is 0 Å². The molecule has 0 aliphatic heterocycles. The van der Waals surface area contributed by atoms with Gasteiger partial charge in [-0.15, -0.1) is 0 Å². The summed E-state index contributed by atoms with van der Waals surface area (Å²) in [7, 11) is 0. The molecule has 0 atom stereocenters. The lowest BCUT2D eigenvalue weighted by Gasteiger charge is -2.09. The highest BCUT2D eigenvalue weighted by Crippen LogP contribution is 2.25. The summed E-state index contributed by atoms with van der Waals surface area (Å²) >= 11 is 0. The molecule has 92 valence electrons. The normalized spacial score (nSPS) is 11.3. The average molecular weight is 246 g/mol. The van der Waals surface area contributed by atoms with Gasteiger partial charge < -0.3 is 15.7 Å². The number of rotatable bonds is 3. The molecule has 0 fully saturated rings. The van der Waals surface area contributed by atoms with Crippen LogP contribution in [0.1, 0.15) is 5.56 Å². The molecule has 0 heterocycles. The fourth-order valence-electron chi connectivity index (χ4n) is 1.48. The number of ether oxygens (including phenoxy) is 1. The van der Waals surface area contributed by atoms with E-state index in [1.165, 1.54) is 18.2 Å². The highest BCUT2D eigenvalue weighted by Gasteiger charge is 2.08. The van der Waals surface area contributed by atoms with Crippen molar-refractivity contribution in [2.24, 2.45) is 10.9 Å². The van der Waals surface area contributed by atoms with E-state index in [4.69, 9.17) is 15.7 Å². The summed E-state index contributed by atoms with van der Waals surface area (Å²) in [5.74, 6) is 0.266. The van der Waals surface area contributed by atoms with Crippen LogP contribution in [0.2, 0.25) is 0 Å². The van der Waals surface area contributed by atoms with Gasteiger partial charge in [0.1, 0.15) is 17.3 Å². The van der Waals surface area contributed by atoms with Crippen LogP contribution in [0.25, 0.3) is 0 Å². The van der Waals surface area contributed by atoms with Crippen molar-refractivity contribution >= 4 is 5.84 Å². The Labute approximate surface area is 103 Å². The molecule has 3 N–H and O–H groups in total. The third-order valence-corrected chi connectivity index (χ3v) is 2.29. The minimum Gasteiger partial charge on any atom is -0.456 e. The highest BCUT2D eigenvalue weighted by molar-refractivity contribution is 5.99. The molecule has 2 aromatic carbocycles. The number of hydrogen-bond donors (Lipinski definition) is 2. The van der Waals surface area contributed by atoms with Crippen LogP contribution in [-0.2, 0) is 0 Å². The van der Waals surface area contributed by atoms with Gasteiger partial charge >= 0.3 is 0 Å². The third-order valence-electron chi connectivity index (χ3n) is 2.29. The van der Waals surface area contributed by atoms with Crippen LogP contribution in [0.15, 0.2) is 53.7 Å². The van der Waals surface area contributed by atoms with E-state index in [2.05, 4.69) is 5.16 Å². The molecule has 0 spiro atoms. The predicted molar refractivity (Wildman–Crippen MR) is 65.4 cm³/mol. The van der Waals surface area contributed by atoms with Gasteiger partial charge in [0.05, 0.1) is 5.56 Å². The zero-order chi connectivity index (χ0) is 13.0. The third kappa shape index (κ3) is 2.57. The smallest absolute Gasteiger partial charge is 0.173 e. The maximum Gasteiger partial charge on any atom is 0.173 e. The zero-order valence-corrected chi connectivity index (χ0v) is 9.38. The second kappa shape index (κ2) is 5.18. The van der Waals surface area contributed by atoms with Crippen LogP contribution >= 0.6 is 0 Å². The van der Waals surface area contributed by atoms with Crippen molar-refractivity contribution in [2.45, 2.75) is 0 Å². The minimum atomic E-state index is -0.395. The number of benzene rings is 2. The molecule has 2 rings (SSSR count). The van der Waals surface area contributed by atoms with Crippen LogP contribution in [0.5, 0.6) is 11.5 Å². The largest absolute Gasteiger partial charge is 0.456 e. The summed E-state index contributed by atoms with van der Waals surface area (Å²) in [4.78, 5) is 0. The van der Waals surface area contributed by atoms with E-state index >= 15 is 0 Å². The molecule has 0 saturated heterocycles. The van der Waals surface area contributed by atoms with Crippen LogP contribution < -0.4 is 10.5 Å². The molecule has 0 radical (unpaired) electrons. The molecule has 5 heteroatoms. The topological polar surface area (TPSA) is 67.8 Å². The van der Waals surface area contributed by atoms with Gasteiger partial charge in [-0.05, 0) is 24.3 Å². The van der Waals surface area contributed by atoms with Gasteiger partial charge in [-0.3, -0.25) is 0 Å². The SMILES string of the molecule is N/C(=N\O)c1ccccc1Oc1cccc(F)c1. The van der Waals surface area contributed by atoms with Gasteiger partial charge in [0.2, 0.25) is 0 Å². The van der Waals surface area contributed by atoms with Gasteiger partial charge in [-0.2, -0.15) is 0 Å². The quantitative estimate of drug-likeness (QED) is 0.378. The highest BCUT2D eigenvalue weighted by atomic mass is 19.1. The van der Waals surface area contributed by atoms with E-state index in [1.807, 2.05) is 0 Å². The molecule has 0 aliphatic rings. The van der Waals surface area contributed by atoms with Crippen molar-refractivity contribution in [3.05, 3.63) is 59.9 Å². The molecule has 0 saturated carbocycles. The second-order valence-corrected chi connectivity index (χ2v) is 3.54. The standard InChI is InChI=1S/C13H11FN2O2/c14-9-4-3-5-10(8-9)18-12-7-2-1-6-11(12)13(15)16-17/h1-8,17H,(H2,15,16). The Morgan fingerprint density at radius 2 is 1.94 bits per heavy atom. The number of halogens is 1. The summed E-state index contributed by atoms with van der Waals surface area (Å²) in [6.07, 6.45) is 0. The van der Waals surface area contributed by atoms with Crippen molar-refractivity contribution in [3.63, 3.8) is 0 Å². The molecule has 18 heavy (non-hydrogen) atoms. The number of oxime groups is 1. The van der Waals surface area contributed by atoms with Crippen molar-refractivity contribution < 1.29 is 14.3 Å². The first kappa shape index (κ1) is 11.9. The van der Waals surface area contributed by atoms with Gasteiger partial charge in [0.15, 0.2) is 5.84 Å². The van der Waals surface area contributed by atoms with Crippen LogP contribution in [0.3, 0.4) is 0 Å². The van der Waals surface area contributed by atoms with Crippen molar-refractivity contribution in [1.29, 1.82) is 0 Å². The molecule has 0 aliphatic carbocycles. The summed E-state index contributed by atoms with van der Waals surface area (Å²) in [6.45, 7) is 0. The summed E-state index contributed by atoms with van der Waals surface area (Å²) < 4.78 is 18.5. The van der Waals surface area contributed by atoms with E-state index in [1.54, 1.807) is 30.3 Å². The average Bonchev–Trinajstić information content (AvgIpc) is 2.38. The van der Waals surface area contributed by atoms with Gasteiger partial charge in [-0.1, -0.05) is 23.4 Å². The first-order valence-corrected chi connectivity index (χ1v) is 5.21. The molecule has 4 nitrogen and oxygen atoms in total. The summed E-state index contributed by atoms with van der Waals surface area (Å²) in [6, 6.07) is 12.5. The monoisotopic (exact) mass is 246 g/mol. The second-order valence-electron chi connectivity index (χ2n) is 3.54. The Kier molecular flexibility index (Phi) is 3.43. The van der Waals surface area contributed by atoms with Crippen molar-refractivity contribution in [1.82, 2.24) is 0 Å². The van der Waals surface area contributed by atoms with Crippen molar-refractivity contribution in [3.8, 4) is 11.5 Å². The minimum absolute atomic E-state index is 0.0676. The summed E-state index contributed by atoms with van der Waals surface area (Å²) in [5, 5.41) is 11.6. The maximum atomic E-state index is 13.0. The number of hydrogen-bond acceptors (Lipinski definition) is 3. The number of nitrogens with two attached hydrogens (primary N) is 1. The first-order chi connectivity index (χ1) is 8.70. The number of para-hydroxylation sites is 1. The van der Waals surface area contributed by atoms with Crippen LogP contribution in [-0.4, -0.2) is 11.0 Å². The first-order valence-electron chi connectivity index (χ1n) is 5.21. The number of amidine groups is 1. The Hall–Kier alpha value is -2.56. The summed E-state index contributed by atoms with van der Waals surface area (Å²) in [5.41, 5.74) is 5.96. The molecule has 0 aromatic heterocycles. The maximum absolute atomic E-state index is 13.0. The lowest BCUT2D eigenvalue weighted by atomic mass is 10.2. The molecule has 0 bridgehead atoms. The molecule has 0 unspecified atom stereocenters. The van der Waals surface area contributed by atoms with Crippen molar-refractivity contribution in [2.75, 3.05) is 0 Å². The zero-order valence-electron chi connectivity index (χ0n) is 9.38. The van der Waals surface area contributed by atoms with Gasteiger partial charge in [-0.25, -0.2) is 4.39 Å². The molecular formula is C13H11FN2O2. The van der Waals surface area contributed by atoms with E-state index in [-0.39, 0.29) is 5.84 Å². The lowest BCUT2D eigenvalue weighted by molar-refractivity contribution is 0.318. The number of nitrogens with zero attached hydrogens (tertiary/aromatic N) is 1. The fraction of sp³-hybridized carbons (Fsp3) is 0. The van der Waals surface area contributed by atoms with Gasteiger partial charge in [0, 0.05) is 6.07 Å². The lowest BCUT2D eigenvalue weighted by Crippen LogP contribution is -2.14. The fourth-order valence-corrected chi connectivity index (χ4v) is 1.48. The van der Waals surface area contributed by atoms with Crippen LogP contribution in [0.4, 0.5) is 4.39 Å². The van der Waals surface area contributed by atoms with Gasteiger partial charge in [0.25, 0.3) is 0 Å². The predicted octanol–water partition coefficient (Wildman–Crippen LogP) is 2.71. The van der Waals surface area contributed by atoms with E-state index in [0.29, 0.717) is 17.1 Å². The molecule has 0 amide bonds. The van der Waals surface area contributed by atoms with Crippen LogP contribution in [0, 0.1) is 5.82 Å². The Balaban J connectivity index is 2.35. The Morgan fingerprint density at radius 3 is 2.67 bits per heavy atom.